The van der Waals surface area contributed by atoms with Crippen molar-refractivity contribution in [2.45, 2.75) is 32.6 Å². The average Bonchev–Trinajstić information content (AvgIpc) is 2.94. The maximum absolute atomic E-state index is 8.93. The van der Waals surface area contributed by atoms with Crippen LogP contribution in [0.5, 0.6) is 0 Å². The average molecular weight is 236 g/mol. The summed E-state index contributed by atoms with van der Waals surface area (Å²) in [5, 5.41) is 13.1. The lowest BCUT2D eigenvalue weighted by atomic mass is 10.0. The largest absolute Gasteiger partial charge is 0.382 e. The fraction of sp³-hybridized carbons (Fsp3) is 0.636. The molecular formula is C11H16N4S. The summed E-state index contributed by atoms with van der Waals surface area (Å²) in [6.45, 7) is 3.16. The lowest BCUT2D eigenvalue weighted by molar-refractivity contribution is 0.486. The van der Waals surface area contributed by atoms with E-state index in [1.54, 1.807) is 0 Å². The third-order valence-corrected chi connectivity index (χ3v) is 4.01. The smallest absolute Gasteiger partial charge is 0.157 e. The number of rotatable bonds is 5. The summed E-state index contributed by atoms with van der Waals surface area (Å²) in [6.07, 6.45) is 5.07. The predicted octanol–water partition coefficient (Wildman–Crippen LogP) is 2.59. The molecule has 1 aliphatic carbocycles. The zero-order valence-electron chi connectivity index (χ0n) is 9.42. The molecule has 3 N–H and O–H groups in total. The standard InChI is InChI=1S/C11H16N4S/c1-2-3-11(4-5-11)7-14-10-8(6-12)9(13)15-16-10/h14H,2-5,7H2,1H3,(H2,13,15). The number of hydrogen-bond acceptors (Lipinski definition) is 5. The molecule has 0 aromatic carbocycles. The van der Waals surface area contributed by atoms with E-state index in [-0.39, 0.29) is 0 Å². The first-order valence-corrected chi connectivity index (χ1v) is 6.37. The van der Waals surface area contributed by atoms with Crippen LogP contribution in [-0.2, 0) is 0 Å². The highest BCUT2D eigenvalue weighted by molar-refractivity contribution is 7.10. The quantitative estimate of drug-likeness (QED) is 0.824. The van der Waals surface area contributed by atoms with Gasteiger partial charge in [0.1, 0.15) is 16.6 Å². The fourth-order valence-electron chi connectivity index (χ4n) is 2.02. The number of nitrogens with two attached hydrogens (primary N) is 1. The Balaban J connectivity index is 1.98. The van der Waals surface area contributed by atoms with E-state index in [2.05, 4.69) is 22.7 Å². The zero-order valence-corrected chi connectivity index (χ0v) is 10.2. The van der Waals surface area contributed by atoms with Gasteiger partial charge in [-0.1, -0.05) is 13.3 Å². The summed E-state index contributed by atoms with van der Waals surface area (Å²) >= 11 is 1.28. The van der Waals surface area contributed by atoms with Gasteiger partial charge < -0.3 is 11.1 Å². The van der Waals surface area contributed by atoms with Gasteiger partial charge in [0, 0.05) is 6.54 Å². The van der Waals surface area contributed by atoms with Gasteiger partial charge in [-0.25, -0.2) is 0 Å². The van der Waals surface area contributed by atoms with Crippen LogP contribution < -0.4 is 11.1 Å². The minimum atomic E-state index is 0.343. The third kappa shape index (κ3) is 2.12. The van der Waals surface area contributed by atoms with Crippen molar-refractivity contribution in [1.29, 1.82) is 5.26 Å². The molecule has 1 aromatic heterocycles. The molecule has 0 radical (unpaired) electrons. The summed E-state index contributed by atoms with van der Waals surface area (Å²) in [5.74, 6) is 0.343. The van der Waals surface area contributed by atoms with E-state index in [4.69, 9.17) is 11.0 Å². The van der Waals surface area contributed by atoms with Crippen molar-refractivity contribution in [3.8, 4) is 6.07 Å². The Labute approximate surface area is 99.6 Å². The Kier molecular flexibility index (Phi) is 3.01. The van der Waals surface area contributed by atoms with Crippen molar-refractivity contribution in [3.05, 3.63) is 5.56 Å². The summed E-state index contributed by atoms with van der Waals surface area (Å²) < 4.78 is 3.99. The maximum atomic E-state index is 8.93. The molecule has 1 saturated carbocycles. The van der Waals surface area contributed by atoms with Gasteiger partial charge in [-0.05, 0) is 36.2 Å². The third-order valence-electron chi connectivity index (χ3n) is 3.19. The lowest BCUT2D eigenvalue weighted by Crippen LogP contribution is -2.15. The molecule has 1 heterocycles. The second kappa shape index (κ2) is 4.30. The van der Waals surface area contributed by atoms with Gasteiger partial charge in [0.05, 0.1) is 0 Å². The van der Waals surface area contributed by atoms with Crippen molar-refractivity contribution >= 4 is 22.4 Å². The molecule has 0 atom stereocenters. The molecule has 1 aromatic rings. The first-order chi connectivity index (χ1) is 7.71. The van der Waals surface area contributed by atoms with E-state index >= 15 is 0 Å². The van der Waals surface area contributed by atoms with Gasteiger partial charge in [0.2, 0.25) is 0 Å². The Bertz CT molecular complexity index is 414. The Morgan fingerprint density at radius 2 is 2.38 bits per heavy atom. The molecule has 2 rings (SSSR count). The number of nitrogens with one attached hydrogen (secondary N) is 1. The molecular weight excluding hydrogens is 220 g/mol. The Morgan fingerprint density at radius 3 is 2.94 bits per heavy atom. The maximum Gasteiger partial charge on any atom is 0.157 e. The predicted molar refractivity (Wildman–Crippen MR) is 66.3 cm³/mol. The van der Waals surface area contributed by atoms with Gasteiger partial charge >= 0.3 is 0 Å². The molecule has 4 nitrogen and oxygen atoms in total. The molecule has 0 amide bonds. The van der Waals surface area contributed by atoms with Crippen LogP contribution in [0.3, 0.4) is 0 Å². The molecule has 1 fully saturated rings. The van der Waals surface area contributed by atoms with Gasteiger partial charge in [0.25, 0.3) is 0 Å². The molecule has 0 spiro atoms. The monoisotopic (exact) mass is 236 g/mol. The number of nitrogen functional groups attached to an aromatic ring is 1. The SMILES string of the molecule is CCCC1(CNc2snc(N)c2C#N)CC1. The van der Waals surface area contributed by atoms with Crippen molar-refractivity contribution in [1.82, 2.24) is 4.37 Å². The van der Waals surface area contributed by atoms with Crippen LogP contribution in [0.2, 0.25) is 0 Å². The summed E-state index contributed by atoms with van der Waals surface area (Å²) in [4.78, 5) is 0. The van der Waals surface area contributed by atoms with E-state index < -0.39 is 0 Å². The van der Waals surface area contributed by atoms with Crippen LogP contribution in [0.4, 0.5) is 10.8 Å². The van der Waals surface area contributed by atoms with Gasteiger partial charge in [-0.3, -0.25) is 0 Å². The topological polar surface area (TPSA) is 74.7 Å². The van der Waals surface area contributed by atoms with Crippen LogP contribution in [0.15, 0.2) is 0 Å². The minimum Gasteiger partial charge on any atom is -0.382 e. The first kappa shape index (κ1) is 11.2. The van der Waals surface area contributed by atoms with Gasteiger partial charge in [0.15, 0.2) is 5.82 Å². The van der Waals surface area contributed by atoms with Crippen molar-refractivity contribution < 1.29 is 0 Å². The number of anilines is 2. The molecule has 0 saturated heterocycles. The van der Waals surface area contributed by atoms with E-state index in [0.29, 0.717) is 16.8 Å². The van der Waals surface area contributed by atoms with E-state index in [0.717, 1.165) is 11.5 Å². The highest BCUT2D eigenvalue weighted by Crippen LogP contribution is 2.49. The molecule has 0 aliphatic heterocycles. The fourth-order valence-corrected chi connectivity index (χ4v) is 2.68. The van der Waals surface area contributed by atoms with E-state index in [1.165, 1.54) is 37.2 Å². The number of aromatic nitrogens is 1. The highest BCUT2D eigenvalue weighted by atomic mass is 32.1. The van der Waals surface area contributed by atoms with Crippen molar-refractivity contribution in [2.24, 2.45) is 5.41 Å². The lowest BCUT2D eigenvalue weighted by Gasteiger charge is -2.14. The van der Waals surface area contributed by atoms with Gasteiger partial charge in [-0.15, -0.1) is 0 Å². The van der Waals surface area contributed by atoms with Gasteiger partial charge in [-0.2, -0.15) is 9.64 Å². The second-order valence-corrected chi connectivity index (χ2v) is 5.26. The molecule has 16 heavy (non-hydrogen) atoms. The highest BCUT2D eigenvalue weighted by Gasteiger charge is 2.41. The molecule has 0 unspecified atom stereocenters. The van der Waals surface area contributed by atoms with Crippen molar-refractivity contribution in [3.63, 3.8) is 0 Å². The van der Waals surface area contributed by atoms with Crippen LogP contribution >= 0.6 is 11.5 Å². The Morgan fingerprint density at radius 1 is 1.62 bits per heavy atom. The summed E-state index contributed by atoms with van der Waals surface area (Å²) in [5.41, 5.74) is 6.57. The molecule has 1 aliphatic rings. The molecule has 0 bridgehead atoms. The zero-order chi connectivity index (χ0) is 11.6. The summed E-state index contributed by atoms with van der Waals surface area (Å²) in [6, 6.07) is 2.09. The second-order valence-electron chi connectivity index (χ2n) is 4.49. The van der Waals surface area contributed by atoms with Crippen molar-refractivity contribution in [2.75, 3.05) is 17.6 Å². The van der Waals surface area contributed by atoms with Crippen LogP contribution in [0, 0.1) is 16.7 Å². The molecule has 5 heteroatoms. The van der Waals surface area contributed by atoms with Crippen LogP contribution in [-0.4, -0.2) is 10.9 Å². The first-order valence-electron chi connectivity index (χ1n) is 5.60. The molecule has 86 valence electrons. The number of nitrogens with zero attached hydrogens (tertiary/aromatic N) is 2. The number of nitriles is 1. The van der Waals surface area contributed by atoms with E-state index in [1.807, 2.05) is 0 Å². The van der Waals surface area contributed by atoms with Crippen LogP contribution in [0.1, 0.15) is 38.2 Å². The Hall–Kier alpha value is -1.28. The minimum absolute atomic E-state index is 0.343. The van der Waals surface area contributed by atoms with E-state index in [9.17, 15) is 0 Å². The summed E-state index contributed by atoms with van der Waals surface area (Å²) in [7, 11) is 0. The number of hydrogen-bond donors (Lipinski definition) is 2. The van der Waals surface area contributed by atoms with Crippen LogP contribution in [0.25, 0.3) is 0 Å². The normalized spacial score (nSPS) is 16.8.